The Bertz CT molecular complexity index is 1410. The molecule has 2 unspecified atom stereocenters. The first-order valence-electron chi connectivity index (χ1n) is 13.5. The third-order valence-electron chi connectivity index (χ3n) is 7.85. The summed E-state index contributed by atoms with van der Waals surface area (Å²) >= 11 is 0.873. The number of carbonyl (C=O) groups excluding carboxylic acids is 2. The van der Waals surface area contributed by atoms with E-state index in [-0.39, 0.29) is 24.5 Å². The van der Waals surface area contributed by atoms with Gasteiger partial charge in [0.15, 0.2) is 5.65 Å². The number of alkyl halides is 3. The molecule has 3 aromatic rings. The van der Waals surface area contributed by atoms with Crippen LogP contribution in [0.4, 0.5) is 26.1 Å². The van der Waals surface area contributed by atoms with Crippen LogP contribution in [0, 0.1) is 0 Å². The lowest BCUT2D eigenvalue weighted by Gasteiger charge is -2.42. The Labute approximate surface area is 248 Å². The summed E-state index contributed by atoms with van der Waals surface area (Å²) < 4.78 is 30.6. The molecule has 41 heavy (non-hydrogen) atoms. The van der Waals surface area contributed by atoms with E-state index in [2.05, 4.69) is 30.1 Å². The standard InChI is InChI=1S/C25H31F2IN10O3/c1-33-7-9-34(10-8-33)21(39)15-36-12-17(11-29-36)30-24-31-23-20(3-2-6-37(23)32-24)35-13-18-4-5-19(14-35)38(18)22(40)16-41-25(26,27)28/h2-3,6,11-12,18-19H,4-5,7-10,13-16H2,1H3,(H,30,32). The number of anilines is 3. The molecule has 3 aliphatic heterocycles. The van der Waals surface area contributed by atoms with Gasteiger partial charge in [0, 0.05) is 86.3 Å². The number of pyridine rings is 1. The van der Waals surface area contributed by atoms with E-state index in [1.165, 1.54) is 0 Å². The molecular formula is C25H31F2IN10O3. The Morgan fingerprint density at radius 3 is 2.59 bits per heavy atom. The largest absolute Gasteiger partial charge is 0.408 e. The molecule has 16 heteroatoms. The molecule has 2 bridgehead atoms. The average Bonchev–Trinajstić information content (AvgIpc) is 3.62. The summed E-state index contributed by atoms with van der Waals surface area (Å²) in [6.45, 7) is 3.81. The lowest BCUT2D eigenvalue weighted by atomic mass is 10.1. The molecule has 6 heterocycles. The number of aromatic nitrogens is 5. The molecule has 3 aromatic heterocycles. The van der Waals surface area contributed by atoms with Gasteiger partial charge in [0.05, 0.1) is 17.6 Å². The maximum absolute atomic E-state index is 13.1. The Morgan fingerprint density at radius 2 is 1.88 bits per heavy atom. The van der Waals surface area contributed by atoms with E-state index in [4.69, 9.17) is 4.98 Å². The third-order valence-corrected chi connectivity index (χ3v) is 8.17. The number of ether oxygens (including phenoxy) is 1. The van der Waals surface area contributed by atoms with E-state index < -0.39 is 16.6 Å². The number of likely N-dealkylation sites (N-methyl/N-ethyl adjacent to an activating group) is 1. The van der Waals surface area contributed by atoms with Crippen LogP contribution in [0.2, 0.25) is 0 Å². The van der Waals surface area contributed by atoms with Gasteiger partial charge in [-0.3, -0.25) is 14.3 Å². The molecule has 0 radical (unpaired) electrons. The van der Waals surface area contributed by atoms with Crippen molar-refractivity contribution in [1.29, 1.82) is 0 Å². The molecule has 3 aliphatic rings. The van der Waals surface area contributed by atoms with Crippen molar-refractivity contribution < 1.29 is 23.1 Å². The van der Waals surface area contributed by atoms with Crippen molar-refractivity contribution in [1.82, 2.24) is 39.1 Å². The molecule has 6 rings (SSSR count). The number of hydrogen-bond donors (Lipinski definition) is 1. The van der Waals surface area contributed by atoms with E-state index in [9.17, 15) is 18.4 Å². The van der Waals surface area contributed by atoms with E-state index in [0.717, 1.165) is 54.2 Å². The topological polar surface area (TPSA) is 116 Å². The summed E-state index contributed by atoms with van der Waals surface area (Å²) in [4.78, 5) is 38.0. The average molecular weight is 684 g/mol. The second kappa shape index (κ2) is 11.3. The van der Waals surface area contributed by atoms with Crippen molar-refractivity contribution in [2.24, 2.45) is 0 Å². The Morgan fingerprint density at radius 1 is 1.15 bits per heavy atom. The molecule has 3 fully saturated rings. The molecular weight excluding hydrogens is 653 g/mol. The minimum absolute atomic E-state index is 0.0366. The van der Waals surface area contributed by atoms with Crippen LogP contribution in [-0.4, -0.2) is 120 Å². The van der Waals surface area contributed by atoms with Crippen molar-refractivity contribution >= 4 is 57.4 Å². The van der Waals surface area contributed by atoms with Gasteiger partial charge in [0.1, 0.15) is 13.2 Å². The Balaban J connectivity index is 1.11. The van der Waals surface area contributed by atoms with Gasteiger partial charge in [-0.15, -0.1) is 5.10 Å². The van der Waals surface area contributed by atoms with E-state index in [1.807, 2.05) is 30.3 Å². The van der Waals surface area contributed by atoms with Crippen LogP contribution >= 0.6 is 22.6 Å². The second-order valence-electron chi connectivity index (χ2n) is 10.7. The summed E-state index contributed by atoms with van der Waals surface area (Å²) in [5.74, 6) is 0.0111. The van der Waals surface area contributed by atoms with Gasteiger partial charge in [-0.2, -0.15) is 18.9 Å². The van der Waals surface area contributed by atoms with Gasteiger partial charge in [0.25, 0.3) is 0 Å². The molecule has 13 nitrogen and oxygen atoms in total. The van der Waals surface area contributed by atoms with Gasteiger partial charge in [-0.25, -0.2) is 4.52 Å². The minimum atomic E-state index is -3.37. The third kappa shape index (κ3) is 6.23. The van der Waals surface area contributed by atoms with Gasteiger partial charge in [-0.1, -0.05) is 0 Å². The number of nitrogens with zero attached hydrogens (tertiary/aromatic N) is 9. The number of rotatable bonds is 8. The van der Waals surface area contributed by atoms with Crippen LogP contribution in [0.3, 0.4) is 0 Å². The van der Waals surface area contributed by atoms with Crippen molar-refractivity contribution in [2.45, 2.75) is 35.6 Å². The molecule has 0 saturated carbocycles. The zero-order valence-corrected chi connectivity index (χ0v) is 24.7. The SMILES string of the molecule is CN1CCN(C(=O)Cn2cc(Nc3nc4c(N5CC6CCC(C5)N6C(=O)COC(F)(F)I)cccn4n3)cn2)CC1. The fourth-order valence-electron chi connectivity index (χ4n) is 5.86. The maximum Gasteiger partial charge on any atom is 0.408 e. The van der Waals surface area contributed by atoms with Crippen LogP contribution in [-0.2, 0) is 20.9 Å². The van der Waals surface area contributed by atoms with Crippen LogP contribution in [0.15, 0.2) is 30.7 Å². The van der Waals surface area contributed by atoms with Crippen LogP contribution in [0.5, 0.6) is 0 Å². The number of nitrogens with one attached hydrogen (secondary N) is 1. The number of piperazine rings is 2. The number of hydrogen-bond acceptors (Lipinski definition) is 9. The molecule has 0 spiro atoms. The maximum atomic E-state index is 13.1. The fraction of sp³-hybridized carbons (Fsp3) is 0.560. The highest BCUT2D eigenvalue weighted by Crippen LogP contribution is 2.35. The van der Waals surface area contributed by atoms with Gasteiger partial charge < -0.3 is 29.7 Å². The van der Waals surface area contributed by atoms with Gasteiger partial charge >= 0.3 is 4.12 Å². The molecule has 0 aromatic carbocycles. The second-order valence-corrected chi connectivity index (χ2v) is 11.9. The van der Waals surface area contributed by atoms with E-state index >= 15 is 0 Å². The zero-order chi connectivity index (χ0) is 28.7. The number of carbonyl (C=O) groups is 2. The number of halogens is 3. The summed E-state index contributed by atoms with van der Waals surface area (Å²) in [5.41, 5.74) is 2.19. The predicted octanol–water partition coefficient (Wildman–Crippen LogP) is 1.62. The van der Waals surface area contributed by atoms with E-state index in [1.54, 1.807) is 26.5 Å². The highest BCUT2D eigenvalue weighted by Gasteiger charge is 2.43. The van der Waals surface area contributed by atoms with Crippen molar-refractivity contribution in [3.05, 3.63) is 30.7 Å². The van der Waals surface area contributed by atoms with Gasteiger partial charge in [0.2, 0.25) is 17.8 Å². The summed E-state index contributed by atoms with van der Waals surface area (Å²) in [6, 6.07) is 3.67. The lowest BCUT2D eigenvalue weighted by molar-refractivity contribution is -0.169. The Hall–Kier alpha value is -3.12. The number of fused-ring (bicyclic) bond motifs is 3. The first-order valence-corrected chi connectivity index (χ1v) is 14.6. The highest BCUT2D eigenvalue weighted by molar-refractivity contribution is 14.1. The lowest BCUT2D eigenvalue weighted by Crippen LogP contribution is -2.57. The Kier molecular flexibility index (Phi) is 7.71. The molecule has 1 N–H and O–H groups in total. The van der Waals surface area contributed by atoms with Crippen LogP contribution in [0.25, 0.3) is 5.65 Å². The minimum Gasteiger partial charge on any atom is -0.364 e. The fourth-order valence-corrected chi connectivity index (χ4v) is 6.01. The highest BCUT2D eigenvalue weighted by atomic mass is 127. The molecule has 3 saturated heterocycles. The number of amides is 2. The van der Waals surface area contributed by atoms with Crippen molar-refractivity contribution in [2.75, 3.05) is 63.1 Å². The smallest absolute Gasteiger partial charge is 0.364 e. The first-order chi connectivity index (χ1) is 19.6. The van der Waals surface area contributed by atoms with Crippen molar-refractivity contribution in [3.63, 3.8) is 0 Å². The normalized spacial score (nSPS) is 21.6. The van der Waals surface area contributed by atoms with Crippen LogP contribution in [0.1, 0.15) is 12.8 Å². The summed E-state index contributed by atoms with van der Waals surface area (Å²) in [5, 5.41) is 12.1. The van der Waals surface area contributed by atoms with Crippen molar-refractivity contribution in [3.8, 4) is 0 Å². The van der Waals surface area contributed by atoms with Crippen LogP contribution < -0.4 is 10.2 Å². The first kappa shape index (κ1) is 28.0. The zero-order valence-electron chi connectivity index (χ0n) is 22.5. The summed E-state index contributed by atoms with van der Waals surface area (Å²) in [6.07, 6.45) is 6.81. The molecule has 0 aliphatic carbocycles. The summed E-state index contributed by atoms with van der Waals surface area (Å²) in [7, 11) is 2.05. The molecule has 2 atom stereocenters. The molecule has 220 valence electrons. The predicted molar refractivity (Wildman–Crippen MR) is 153 cm³/mol. The quantitative estimate of drug-likeness (QED) is 0.279. The molecule has 2 amide bonds. The monoisotopic (exact) mass is 684 g/mol. The van der Waals surface area contributed by atoms with E-state index in [0.29, 0.717) is 43.5 Å². The van der Waals surface area contributed by atoms with Gasteiger partial charge in [-0.05, 0) is 32.0 Å².